The molecule has 5 nitrogen and oxygen atoms in total. The van der Waals surface area contributed by atoms with Gasteiger partial charge in [-0.2, -0.15) is 0 Å². The molecular formula is C14H15ClN2O3. The third-order valence-electron chi connectivity index (χ3n) is 4.37. The number of nitrogens with two attached hydrogens (primary N) is 1. The van der Waals surface area contributed by atoms with Crippen molar-refractivity contribution >= 4 is 29.2 Å². The maximum Gasteiger partial charge on any atom is 0.308 e. The Bertz CT molecular complexity index is 590. The van der Waals surface area contributed by atoms with Crippen molar-refractivity contribution in [1.82, 2.24) is 0 Å². The lowest BCUT2D eigenvalue weighted by molar-refractivity contribution is -0.142. The van der Waals surface area contributed by atoms with Crippen LogP contribution in [0.25, 0.3) is 0 Å². The Morgan fingerprint density at radius 2 is 2.10 bits per heavy atom. The number of nitrogens with zero attached hydrogens (tertiary/aromatic N) is 1. The first-order valence-electron chi connectivity index (χ1n) is 6.60. The summed E-state index contributed by atoms with van der Waals surface area (Å²) in [5, 5.41) is 9.60. The molecule has 1 aromatic carbocycles. The van der Waals surface area contributed by atoms with E-state index in [1.807, 2.05) is 4.90 Å². The number of benzene rings is 1. The number of carbonyl (C=O) groups is 2. The molecule has 0 aromatic heterocycles. The van der Waals surface area contributed by atoms with Gasteiger partial charge in [0, 0.05) is 12.1 Å². The van der Waals surface area contributed by atoms with E-state index in [4.69, 9.17) is 17.3 Å². The zero-order chi connectivity index (χ0) is 14.4. The van der Waals surface area contributed by atoms with Crippen molar-refractivity contribution in [1.29, 1.82) is 0 Å². The van der Waals surface area contributed by atoms with E-state index < -0.39 is 11.9 Å². The van der Waals surface area contributed by atoms with Crippen molar-refractivity contribution in [3.8, 4) is 0 Å². The maximum atomic E-state index is 11.6. The largest absolute Gasteiger partial charge is 0.481 e. The van der Waals surface area contributed by atoms with E-state index in [1.54, 1.807) is 18.2 Å². The normalized spacial score (nSPS) is 27.9. The van der Waals surface area contributed by atoms with E-state index in [0.717, 1.165) is 12.8 Å². The second-order valence-electron chi connectivity index (χ2n) is 5.38. The molecule has 2 saturated heterocycles. The predicted octanol–water partition coefficient (Wildman–Crippen LogP) is 1.88. The minimum Gasteiger partial charge on any atom is -0.481 e. The zero-order valence-electron chi connectivity index (χ0n) is 10.8. The second kappa shape index (κ2) is 4.66. The van der Waals surface area contributed by atoms with E-state index in [2.05, 4.69) is 0 Å². The number of hydrogen-bond acceptors (Lipinski definition) is 3. The third kappa shape index (κ3) is 1.85. The molecule has 6 heteroatoms. The zero-order valence-corrected chi connectivity index (χ0v) is 11.5. The number of carboxylic acid groups (broad SMARTS) is 1. The maximum absolute atomic E-state index is 11.6. The fourth-order valence-corrected chi connectivity index (χ4v) is 3.86. The highest BCUT2D eigenvalue weighted by atomic mass is 35.5. The Kier molecular flexibility index (Phi) is 3.09. The minimum absolute atomic E-state index is 0.0749. The summed E-state index contributed by atoms with van der Waals surface area (Å²) in [4.78, 5) is 25.0. The topological polar surface area (TPSA) is 83.6 Å². The van der Waals surface area contributed by atoms with Crippen LogP contribution in [0.2, 0.25) is 5.02 Å². The molecule has 3 N–H and O–H groups in total. The number of primary amides is 1. The van der Waals surface area contributed by atoms with Gasteiger partial charge in [-0.1, -0.05) is 17.7 Å². The molecule has 2 bridgehead atoms. The summed E-state index contributed by atoms with van der Waals surface area (Å²) >= 11 is 6.07. The summed E-state index contributed by atoms with van der Waals surface area (Å²) in [6, 6.07) is 5.25. The number of aliphatic carboxylic acids is 1. The van der Waals surface area contributed by atoms with Crippen LogP contribution >= 0.6 is 11.6 Å². The number of rotatable bonds is 3. The average molecular weight is 295 g/mol. The fraction of sp³-hybridized carbons (Fsp3) is 0.429. The van der Waals surface area contributed by atoms with Gasteiger partial charge < -0.3 is 15.7 Å². The molecule has 1 amide bonds. The van der Waals surface area contributed by atoms with E-state index in [9.17, 15) is 14.7 Å². The van der Waals surface area contributed by atoms with Crippen LogP contribution in [0.4, 0.5) is 5.69 Å². The van der Waals surface area contributed by atoms with Crippen molar-refractivity contribution in [2.24, 2.45) is 11.7 Å². The SMILES string of the molecule is NC(=O)c1c(Cl)cccc1N1C2CCC1C(C(=O)O)C2. The van der Waals surface area contributed by atoms with Gasteiger partial charge in [0.25, 0.3) is 5.91 Å². The first-order chi connectivity index (χ1) is 9.50. The lowest BCUT2D eigenvalue weighted by atomic mass is 9.89. The monoisotopic (exact) mass is 294 g/mol. The molecule has 0 aliphatic carbocycles. The number of halogens is 1. The van der Waals surface area contributed by atoms with Crippen molar-refractivity contribution in [3.05, 3.63) is 28.8 Å². The minimum atomic E-state index is -0.773. The Hall–Kier alpha value is -1.75. The standard InChI is InChI=1S/C14H15ClN2O3/c15-9-2-1-3-11(12(9)13(16)18)17-7-4-5-10(17)8(6-7)14(19)20/h1-3,7-8,10H,4-6H2,(H2,16,18)(H,19,20). The van der Waals surface area contributed by atoms with Crippen LogP contribution in [0.5, 0.6) is 0 Å². The second-order valence-corrected chi connectivity index (χ2v) is 5.79. The fourth-order valence-electron chi connectivity index (χ4n) is 3.60. The van der Waals surface area contributed by atoms with E-state index in [0.29, 0.717) is 17.1 Å². The van der Waals surface area contributed by atoms with Gasteiger partial charge in [-0.3, -0.25) is 9.59 Å². The Morgan fingerprint density at radius 1 is 1.35 bits per heavy atom. The molecule has 106 valence electrons. The Balaban J connectivity index is 2.05. The highest BCUT2D eigenvalue weighted by Gasteiger charge is 2.50. The highest BCUT2D eigenvalue weighted by molar-refractivity contribution is 6.34. The number of anilines is 1. The quantitative estimate of drug-likeness (QED) is 0.891. The number of carbonyl (C=O) groups excluding carboxylic acids is 1. The van der Waals surface area contributed by atoms with Crippen LogP contribution in [-0.2, 0) is 4.79 Å². The van der Waals surface area contributed by atoms with E-state index in [1.165, 1.54) is 0 Å². The van der Waals surface area contributed by atoms with Gasteiger partial charge in [0.05, 0.1) is 22.2 Å². The molecule has 0 radical (unpaired) electrons. The molecule has 2 aliphatic heterocycles. The van der Waals surface area contributed by atoms with Gasteiger partial charge in [-0.05, 0) is 31.4 Å². The molecule has 20 heavy (non-hydrogen) atoms. The molecule has 2 fully saturated rings. The molecule has 3 rings (SSSR count). The van der Waals surface area contributed by atoms with Crippen LogP contribution in [0.3, 0.4) is 0 Å². The van der Waals surface area contributed by atoms with Gasteiger partial charge in [0.2, 0.25) is 0 Å². The number of hydrogen-bond donors (Lipinski definition) is 2. The van der Waals surface area contributed by atoms with Crippen LogP contribution in [0.15, 0.2) is 18.2 Å². The number of fused-ring (bicyclic) bond motifs is 2. The first kappa shape index (κ1) is 13.2. The predicted molar refractivity (Wildman–Crippen MR) is 75.0 cm³/mol. The molecule has 3 unspecified atom stereocenters. The molecule has 2 aliphatic rings. The highest BCUT2D eigenvalue weighted by Crippen LogP contribution is 2.46. The summed E-state index contributed by atoms with van der Waals surface area (Å²) in [5.74, 6) is -1.73. The summed E-state index contributed by atoms with van der Waals surface area (Å²) in [5.41, 5.74) is 6.38. The van der Waals surface area contributed by atoms with E-state index >= 15 is 0 Å². The summed E-state index contributed by atoms with van der Waals surface area (Å²) < 4.78 is 0. The van der Waals surface area contributed by atoms with Gasteiger partial charge >= 0.3 is 5.97 Å². The van der Waals surface area contributed by atoms with Crippen molar-refractivity contribution in [3.63, 3.8) is 0 Å². The lowest BCUT2D eigenvalue weighted by Crippen LogP contribution is -2.34. The number of carboxylic acids is 1. The van der Waals surface area contributed by atoms with Gasteiger partial charge in [-0.25, -0.2) is 0 Å². The first-order valence-corrected chi connectivity index (χ1v) is 6.98. The number of amides is 1. The molecular weight excluding hydrogens is 280 g/mol. The summed E-state index contributed by atoms with van der Waals surface area (Å²) in [6.45, 7) is 0. The molecule has 0 saturated carbocycles. The molecule has 3 atom stereocenters. The van der Waals surface area contributed by atoms with Gasteiger partial charge in [0.15, 0.2) is 0 Å². The van der Waals surface area contributed by atoms with Crippen LogP contribution in [0.1, 0.15) is 29.6 Å². The molecule has 0 spiro atoms. The summed E-state index contributed by atoms with van der Waals surface area (Å²) in [7, 11) is 0. The van der Waals surface area contributed by atoms with Crippen molar-refractivity contribution in [2.45, 2.75) is 31.3 Å². The molecule has 2 heterocycles. The third-order valence-corrected chi connectivity index (χ3v) is 4.69. The summed E-state index contributed by atoms with van der Waals surface area (Å²) in [6.07, 6.45) is 2.39. The van der Waals surface area contributed by atoms with E-state index in [-0.39, 0.29) is 23.6 Å². The van der Waals surface area contributed by atoms with Crippen molar-refractivity contribution < 1.29 is 14.7 Å². The van der Waals surface area contributed by atoms with Crippen LogP contribution in [-0.4, -0.2) is 29.1 Å². The Labute approximate surface area is 121 Å². The smallest absolute Gasteiger partial charge is 0.308 e. The van der Waals surface area contributed by atoms with Crippen molar-refractivity contribution in [2.75, 3.05) is 4.90 Å². The average Bonchev–Trinajstić information content (AvgIpc) is 2.95. The van der Waals surface area contributed by atoms with Crippen LogP contribution < -0.4 is 10.6 Å². The van der Waals surface area contributed by atoms with Crippen LogP contribution in [0, 0.1) is 5.92 Å². The van der Waals surface area contributed by atoms with Gasteiger partial charge in [-0.15, -0.1) is 0 Å². The molecule has 1 aromatic rings. The van der Waals surface area contributed by atoms with Gasteiger partial charge in [0.1, 0.15) is 0 Å². The Morgan fingerprint density at radius 3 is 2.70 bits per heavy atom. The lowest BCUT2D eigenvalue weighted by Gasteiger charge is -2.27.